The van der Waals surface area contributed by atoms with Crippen molar-refractivity contribution in [2.45, 2.75) is 32.4 Å². The molecule has 1 unspecified atom stereocenters. The fourth-order valence-corrected chi connectivity index (χ4v) is 1.70. The summed E-state index contributed by atoms with van der Waals surface area (Å²) in [6, 6.07) is 0.797. The molecule has 1 fully saturated rings. The van der Waals surface area contributed by atoms with Crippen LogP contribution >= 0.6 is 0 Å². The lowest BCUT2D eigenvalue weighted by molar-refractivity contribution is -0.118. The number of hydrogen-bond acceptors (Lipinski definition) is 3. The van der Waals surface area contributed by atoms with Crippen LogP contribution in [0.15, 0.2) is 0 Å². The van der Waals surface area contributed by atoms with Gasteiger partial charge in [0.05, 0.1) is 0 Å². The summed E-state index contributed by atoms with van der Waals surface area (Å²) < 4.78 is 0. The number of nitrogens with one attached hydrogen (secondary N) is 1. The fourth-order valence-electron chi connectivity index (χ4n) is 1.70. The average molecular weight is 185 g/mol. The molecule has 4 nitrogen and oxygen atoms in total. The molecule has 1 rings (SSSR count). The van der Waals surface area contributed by atoms with Gasteiger partial charge in [-0.3, -0.25) is 9.69 Å². The highest BCUT2D eigenvalue weighted by Crippen LogP contribution is 2.05. The molecular weight excluding hydrogens is 166 g/mol. The highest BCUT2D eigenvalue weighted by atomic mass is 16.1. The minimum atomic E-state index is -0.219. The van der Waals surface area contributed by atoms with Gasteiger partial charge in [-0.15, -0.1) is 0 Å². The monoisotopic (exact) mass is 185 g/mol. The van der Waals surface area contributed by atoms with E-state index >= 15 is 0 Å². The number of carbonyl (C=O) groups excluding carboxylic acids is 1. The first-order valence-corrected chi connectivity index (χ1v) is 4.85. The first-order valence-electron chi connectivity index (χ1n) is 4.85. The maximum Gasteiger partial charge on any atom is 0.219 e. The Hall–Kier alpha value is -0.610. The quantitative estimate of drug-likeness (QED) is 0.626. The molecule has 0 bridgehead atoms. The van der Waals surface area contributed by atoms with Crippen molar-refractivity contribution in [2.75, 3.05) is 19.6 Å². The standard InChI is InChI=1S/C9H19N3O/c1-7(2)12-4-3-11-8(6-12)5-9(10)13/h7-8,11H,3-6H2,1-2H3,(H2,10,13). The largest absolute Gasteiger partial charge is 0.370 e. The molecule has 13 heavy (non-hydrogen) atoms. The van der Waals surface area contributed by atoms with Gasteiger partial charge in [-0.05, 0) is 13.8 Å². The van der Waals surface area contributed by atoms with Crippen molar-refractivity contribution in [3.05, 3.63) is 0 Å². The van der Waals surface area contributed by atoms with Crippen LogP contribution in [0.25, 0.3) is 0 Å². The molecule has 0 aliphatic carbocycles. The topological polar surface area (TPSA) is 58.4 Å². The number of carbonyl (C=O) groups is 1. The van der Waals surface area contributed by atoms with Gasteiger partial charge in [0.25, 0.3) is 0 Å². The van der Waals surface area contributed by atoms with Gasteiger partial charge in [0, 0.05) is 38.1 Å². The Morgan fingerprint density at radius 1 is 1.69 bits per heavy atom. The molecule has 1 amide bonds. The molecule has 4 heteroatoms. The van der Waals surface area contributed by atoms with Crippen molar-refractivity contribution < 1.29 is 4.79 Å². The van der Waals surface area contributed by atoms with E-state index in [1.807, 2.05) is 0 Å². The molecule has 1 saturated heterocycles. The van der Waals surface area contributed by atoms with E-state index in [9.17, 15) is 4.79 Å². The number of nitrogens with two attached hydrogens (primary N) is 1. The summed E-state index contributed by atoms with van der Waals surface area (Å²) in [5.41, 5.74) is 5.15. The molecule has 0 aromatic rings. The second-order valence-corrected chi connectivity index (χ2v) is 3.91. The first kappa shape index (κ1) is 10.5. The SMILES string of the molecule is CC(C)N1CCNC(CC(N)=O)C1. The number of primary amides is 1. The summed E-state index contributed by atoms with van der Waals surface area (Å²) in [6.45, 7) is 7.29. The Morgan fingerprint density at radius 2 is 2.38 bits per heavy atom. The van der Waals surface area contributed by atoms with Crippen LogP contribution in [0.2, 0.25) is 0 Å². The summed E-state index contributed by atoms with van der Waals surface area (Å²) in [5, 5.41) is 3.29. The Labute approximate surface area is 79.5 Å². The summed E-state index contributed by atoms with van der Waals surface area (Å²) >= 11 is 0. The molecule has 0 spiro atoms. The third-order valence-corrected chi connectivity index (χ3v) is 2.46. The third kappa shape index (κ3) is 3.32. The first-order chi connectivity index (χ1) is 6.09. The lowest BCUT2D eigenvalue weighted by Gasteiger charge is -2.35. The van der Waals surface area contributed by atoms with Crippen molar-refractivity contribution in [1.82, 2.24) is 10.2 Å². The zero-order valence-electron chi connectivity index (χ0n) is 8.42. The fraction of sp³-hybridized carbons (Fsp3) is 0.889. The van der Waals surface area contributed by atoms with Gasteiger partial charge in [0.15, 0.2) is 0 Å². The van der Waals surface area contributed by atoms with Crippen LogP contribution in [0.3, 0.4) is 0 Å². The zero-order valence-corrected chi connectivity index (χ0v) is 8.42. The minimum Gasteiger partial charge on any atom is -0.370 e. The van der Waals surface area contributed by atoms with Gasteiger partial charge in [0.2, 0.25) is 5.91 Å². The second kappa shape index (κ2) is 4.58. The van der Waals surface area contributed by atoms with Crippen LogP contribution in [-0.4, -0.2) is 42.5 Å². The normalized spacial score (nSPS) is 25.0. The van der Waals surface area contributed by atoms with E-state index in [0.29, 0.717) is 12.5 Å². The molecule has 3 N–H and O–H groups in total. The van der Waals surface area contributed by atoms with E-state index in [1.54, 1.807) is 0 Å². The third-order valence-electron chi connectivity index (χ3n) is 2.46. The summed E-state index contributed by atoms with van der Waals surface area (Å²) in [5.74, 6) is -0.219. The molecule has 0 saturated carbocycles. The molecule has 76 valence electrons. The number of amides is 1. The number of piperazine rings is 1. The Bertz CT molecular complexity index is 182. The van der Waals surface area contributed by atoms with Gasteiger partial charge in [-0.1, -0.05) is 0 Å². The van der Waals surface area contributed by atoms with Crippen molar-refractivity contribution in [2.24, 2.45) is 5.73 Å². The van der Waals surface area contributed by atoms with Gasteiger partial charge in [0.1, 0.15) is 0 Å². The van der Waals surface area contributed by atoms with Crippen LogP contribution in [0, 0.1) is 0 Å². The number of rotatable bonds is 3. The second-order valence-electron chi connectivity index (χ2n) is 3.91. The van der Waals surface area contributed by atoms with Crippen molar-refractivity contribution in [1.29, 1.82) is 0 Å². The van der Waals surface area contributed by atoms with E-state index in [2.05, 4.69) is 24.1 Å². The van der Waals surface area contributed by atoms with Gasteiger partial charge in [-0.25, -0.2) is 0 Å². The summed E-state index contributed by atoms with van der Waals surface area (Å²) in [6.07, 6.45) is 0.448. The minimum absolute atomic E-state index is 0.219. The molecule has 1 aliphatic rings. The lowest BCUT2D eigenvalue weighted by Crippen LogP contribution is -2.53. The summed E-state index contributed by atoms with van der Waals surface area (Å²) in [7, 11) is 0. The predicted octanol–water partition coefficient (Wildman–Crippen LogP) is -0.456. The maximum absolute atomic E-state index is 10.7. The van der Waals surface area contributed by atoms with E-state index in [-0.39, 0.29) is 11.9 Å². The average Bonchev–Trinajstić information content (AvgIpc) is 2.03. The zero-order chi connectivity index (χ0) is 9.84. The van der Waals surface area contributed by atoms with Crippen LogP contribution in [0.4, 0.5) is 0 Å². The van der Waals surface area contributed by atoms with E-state index < -0.39 is 0 Å². The van der Waals surface area contributed by atoms with Crippen LogP contribution < -0.4 is 11.1 Å². The highest BCUT2D eigenvalue weighted by Gasteiger charge is 2.21. The van der Waals surface area contributed by atoms with E-state index in [1.165, 1.54) is 0 Å². The molecule has 0 radical (unpaired) electrons. The van der Waals surface area contributed by atoms with Crippen LogP contribution in [0.1, 0.15) is 20.3 Å². The molecular formula is C9H19N3O. The Morgan fingerprint density at radius 3 is 2.92 bits per heavy atom. The highest BCUT2D eigenvalue weighted by molar-refractivity contribution is 5.74. The number of nitrogens with zero attached hydrogens (tertiary/aromatic N) is 1. The van der Waals surface area contributed by atoms with Crippen molar-refractivity contribution >= 4 is 5.91 Å². The maximum atomic E-state index is 10.7. The van der Waals surface area contributed by atoms with Crippen molar-refractivity contribution in [3.8, 4) is 0 Å². The van der Waals surface area contributed by atoms with Gasteiger partial charge in [-0.2, -0.15) is 0 Å². The summed E-state index contributed by atoms with van der Waals surface area (Å²) in [4.78, 5) is 13.1. The molecule has 0 aromatic heterocycles. The predicted molar refractivity (Wildman–Crippen MR) is 52.3 cm³/mol. The molecule has 0 aromatic carbocycles. The molecule has 1 heterocycles. The van der Waals surface area contributed by atoms with Crippen LogP contribution in [0.5, 0.6) is 0 Å². The van der Waals surface area contributed by atoms with Crippen molar-refractivity contribution in [3.63, 3.8) is 0 Å². The Balaban J connectivity index is 2.37. The van der Waals surface area contributed by atoms with Gasteiger partial charge < -0.3 is 11.1 Å². The molecule has 1 atom stereocenters. The Kier molecular flexibility index (Phi) is 3.69. The van der Waals surface area contributed by atoms with Gasteiger partial charge >= 0.3 is 0 Å². The van der Waals surface area contributed by atoms with E-state index in [4.69, 9.17) is 5.73 Å². The van der Waals surface area contributed by atoms with E-state index in [0.717, 1.165) is 19.6 Å². The number of hydrogen-bond donors (Lipinski definition) is 2. The lowest BCUT2D eigenvalue weighted by atomic mass is 10.1. The van der Waals surface area contributed by atoms with Crippen LogP contribution in [-0.2, 0) is 4.79 Å². The molecule has 1 aliphatic heterocycles. The smallest absolute Gasteiger partial charge is 0.219 e.